The summed E-state index contributed by atoms with van der Waals surface area (Å²) in [5.74, 6) is -0.668. The van der Waals surface area contributed by atoms with Crippen LogP contribution in [0.4, 0.5) is 0 Å². The largest absolute Gasteiger partial charge is 0.481 e. The first-order valence-electron chi connectivity index (χ1n) is 5.63. The van der Waals surface area contributed by atoms with Gasteiger partial charge >= 0.3 is 5.97 Å². The minimum Gasteiger partial charge on any atom is -0.481 e. The molecule has 17 heavy (non-hydrogen) atoms. The van der Waals surface area contributed by atoms with E-state index in [1.54, 1.807) is 17.2 Å². The minimum atomic E-state index is -0.794. The Morgan fingerprint density at radius 2 is 2.41 bits per heavy atom. The summed E-state index contributed by atoms with van der Waals surface area (Å²) < 4.78 is 0. The molecule has 2 rings (SSSR count). The number of amides is 1. The SMILES string of the molecule is O=C(O)CC1CCN(C(=O)Cc2ccn[nH]2)C1. The standard InChI is InChI=1S/C11H15N3O3/c15-10(6-9-1-3-12-13-9)14-4-2-8(7-14)5-11(16)17/h1,3,8H,2,4-7H2,(H,12,13)(H,16,17). The second-order valence-electron chi connectivity index (χ2n) is 4.35. The molecule has 0 bridgehead atoms. The van der Waals surface area contributed by atoms with E-state index in [2.05, 4.69) is 10.2 Å². The Labute approximate surface area is 98.6 Å². The summed E-state index contributed by atoms with van der Waals surface area (Å²) in [4.78, 5) is 24.2. The Bertz CT molecular complexity index is 402. The molecule has 0 aliphatic carbocycles. The van der Waals surface area contributed by atoms with Crippen LogP contribution in [0.2, 0.25) is 0 Å². The second-order valence-corrected chi connectivity index (χ2v) is 4.35. The predicted octanol–water partition coefficient (Wildman–Crippen LogP) is 0.275. The summed E-state index contributed by atoms with van der Waals surface area (Å²) in [5, 5.41) is 15.2. The van der Waals surface area contributed by atoms with Crippen LogP contribution in [0.15, 0.2) is 12.3 Å². The molecule has 1 aromatic rings. The Hall–Kier alpha value is -1.85. The van der Waals surface area contributed by atoms with Crippen molar-refractivity contribution in [3.05, 3.63) is 18.0 Å². The number of hydrogen-bond acceptors (Lipinski definition) is 3. The number of carboxylic acid groups (broad SMARTS) is 1. The highest BCUT2D eigenvalue weighted by molar-refractivity contribution is 5.78. The molecule has 1 saturated heterocycles. The zero-order valence-corrected chi connectivity index (χ0v) is 9.43. The van der Waals surface area contributed by atoms with E-state index in [1.807, 2.05) is 0 Å². The van der Waals surface area contributed by atoms with Crippen LogP contribution < -0.4 is 0 Å². The van der Waals surface area contributed by atoms with Crippen molar-refractivity contribution in [3.63, 3.8) is 0 Å². The monoisotopic (exact) mass is 237 g/mol. The molecule has 1 aromatic heterocycles. The highest BCUT2D eigenvalue weighted by atomic mass is 16.4. The van der Waals surface area contributed by atoms with E-state index in [9.17, 15) is 9.59 Å². The molecule has 1 aliphatic rings. The molecular weight excluding hydrogens is 222 g/mol. The maximum Gasteiger partial charge on any atom is 0.303 e. The Morgan fingerprint density at radius 3 is 3.06 bits per heavy atom. The van der Waals surface area contributed by atoms with Crippen molar-refractivity contribution in [3.8, 4) is 0 Å². The van der Waals surface area contributed by atoms with Crippen molar-refractivity contribution in [1.29, 1.82) is 0 Å². The normalized spacial score (nSPS) is 19.5. The predicted molar refractivity (Wildman–Crippen MR) is 59.2 cm³/mol. The fraction of sp³-hybridized carbons (Fsp3) is 0.545. The maximum atomic E-state index is 11.9. The minimum absolute atomic E-state index is 0.0298. The Balaban J connectivity index is 1.83. The molecule has 92 valence electrons. The number of carbonyl (C=O) groups excluding carboxylic acids is 1. The maximum absolute atomic E-state index is 11.9. The fourth-order valence-corrected chi connectivity index (χ4v) is 2.13. The topological polar surface area (TPSA) is 86.3 Å². The van der Waals surface area contributed by atoms with E-state index >= 15 is 0 Å². The van der Waals surface area contributed by atoms with Crippen LogP contribution in [0.25, 0.3) is 0 Å². The van der Waals surface area contributed by atoms with Gasteiger partial charge in [0.15, 0.2) is 0 Å². The van der Waals surface area contributed by atoms with Crippen LogP contribution in [-0.2, 0) is 16.0 Å². The summed E-state index contributed by atoms with van der Waals surface area (Å²) in [6.07, 6.45) is 2.84. The summed E-state index contributed by atoms with van der Waals surface area (Å²) in [7, 11) is 0. The summed E-state index contributed by atoms with van der Waals surface area (Å²) in [5.41, 5.74) is 0.789. The molecular formula is C11H15N3O3. The zero-order valence-electron chi connectivity index (χ0n) is 9.43. The lowest BCUT2D eigenvalue weighted by molar-refractivity contribution is -0.138. The first-order valence-corrected chi connectivity index (χ1v) is 5.63. The molecule has 0 aromatic carbocycles. The number of hydrogen-bond donors (Lipinski definition) is 2. The van der Waals surface area contributed by atoms with Crippen LogP contribution in [0.1, 0.15) is 18.5 Å². The van der Waals surface area contributed by atoms with Crippen LogP contribution >= 0.6 is 0 Å². The first-order chi connectivity index (χ1) is 8.15. The second kappa shape index (κ2) is 4.99. The van der Waals surface area contributed by atoms with Gasteiger partial charge < -0.3 is 10.0 Å². The fourth-order valence-electron chi connectivity index (χ4n) is 2.13. The number of nitrogens with one attached hydrogen (secondary N) is 1. The number of likely N-dealkylation sites (tertiary alicyclic amines) is 1. The van der Waals surface area contributed by atoms with Crippen molar-refractivity contribution in [2.24, 2.45) is 5.92 Å². The third-order valence-electron chi connectivity index (χ3n) is 3.00. The van der Waals surface area contributed by atoms with Gasteiger partial charge in [0.05, 0.1) is 6.42 Å². The van der Waals surface area contributed by atoms with Gasteiger partial charge in [-0.3, -0.25) is 14.7 Å². The zero-order chi connectivity index (χ0) is 12.3. The smallest absolute Gasteiger partial charge is 0.303 e. The number of carbonyl (C=O) groups is 2. The molecule has 1 fully saturated rings. The van der Waals surface area contributed by atoms with Crippen LogP contribution in [0, 0.1) is 5.92 Å². The number of aromatic amines is 1. The molecule has 6 nitrogen and oxygen atoms in total. The quantitative estimate of drug-likeness (QED) is 0.787. The van der Waals surface area contributed by atoms with Crippen molar-refractivity contribution in [2.45, 2.75) is 19.3 Å². The van der Waals surface area contributed by atoms with Gasteiger partial charge in [0, 0.05) is 31.4 Å². The molecule has 2 heterocycles. The van der Waals surface area contributed by atoms with Crippen LogP contribution in [0.3, 0.4) is 0 Å². The van der Waals surface area contributed by atoms with Gasteiger partial charge in [-0.1, -0.05) is 0 Å². The number of carboxylic acids is 1. The van der Waals surface area contributed by atoms with E-state index in [-0.39, 0.29) is 18.2 Å². The molecule has 1 atom stereocenters. The van der Waals surface area contributed by atoms with Gasteiger partial charge in [-0.25, -0.2) is 0 Å². The lowest BCUT2D eigenvalue weighted by Crippen LogP contribution is -2.30. The third kappa shape index (κ3) is 3.05. The van der Waals surface area contributed by atoms with Crippen LogP contribution in [-0.4, -0.2) is 45.2 Å². The Kier molecular flexibility index (Phi) is 3.41. The lowest BCUT2D eigenvalue weighted by Gasteiger charge is -2.15. The molecule has 6 heteroatoms. The molecule has 1 amide bonds. The highest BCUT2D eigenvalue weighted by Crippen LogP contribution is 2.20. The van der Waals surface area contributed by atoms with Crippen LogP contribution in [0.5, 0.6) is 0 Å². The number of nitrogens with zero attached hydrogens (tertiary/aromatic N) is 2. The van der Waals surface area contributed by atoms with Crippen molar-refractivity contribution < 1.29 is 14.7 Å². The number of rotatable bonds is 4. The van der Waals surface area contributed by atoms with Gasteiger partial charge in [0.25, 0.3) is 0 Å². The number of aliphatic carboxylic acids is 1. The van der Waals surface area contributed by atoms with E-state index in [4.69, 9.17) is 5.11 Å². The highest BCUT2D eigenvalue weighted by Gasteiger charge is 2.27. The van der Waals surface area contributed by atoms with E-state index in [0.717, 1.165) is 12.1 Å². The van der Waals surface area contributed by atoms with Gasteiger partial charge in [0.1, 0.15) is 0 Å². The lowest BCUT2D eigenvalue weighted by atomic mass is 10.1. The molecule has 0 spiro atoms. The van der Waals surface area contributed by atoms with Crippen molar-refractivity contribution in [1.82, 2.24) is 15.1 Å². The first kappa shape index (κ1) is 11.6. The van der Waals surface area contributed by atoms with Gasteiger partial charge in [-0.15, -0.1) is 0 Å². The third-order valence-corrected chi connectivity index (χ3v) is 3.00. The van der Waals surface area contributed by atoms with Crippen molar-refractivity contribution in [2.75, 3.05) is 13.1 Å². The molecule has 0 radical (unpaired) electrons. The molecule has 0 saturated carbocycles. The van der Waals surface area contributed by atoms with Gasteiger partial charge in [-0.05, 0) is 18.4 Å². The van der Waals surface area contributed by atoms with Crippen molar-refractivity contribution >= 4 is 11.9 Å². The van der Waals surface area contributed by atoms with Gasteiger partial charge in [0.2, 0.25) is 5.91 Å². The van der Waals surface area contributed by atoms with E-state index in [0.29, 0.717) is 19.5 Å². The van der Waals surface area contributed by atoms with E-state index in [1.165, 1.54) is 0 Å². The summed E-state index contributed by atoms with van der Waals surface area (Å²) in [6.45, 7) is 1.21. The van der Waals surface area contributed by atoms with Gasteiger partial charge in [-0.2, -0.15) is 5.10 Å². The average molecular weight is 237 g/mol. The number of H-pyrrole nitrogens is 1. The molecule has 1 unspecified atom stereocenters. The van der Waals surface area contributed by atoms with E-state index < -0.39 is 5.97 Å². The average Bonchev–Trinajstić information content (AvgIpc) is 2.87. The molecule has 2 N–H and O–H groups in total. The molecule has 1 aliphatic heterocycles. The number of aromatic nitrogens is 2. The summed E-state index contributed by atoms with van der Waals surface area (Å²) >= 11 is 0. The summed E-state index contributed by atoms with van der Waals surface area (Å²) in [6, 6.07) is 1.77. The Morgan fingerprint density at radius 1 is 1.59 bits per heavy atom.